The summed E-state index contributed by atoms with van der Waals surface area (Å²) < 4.78 is 10.8. The Morgan fingerprint density at radius 1 is 1.11 bits per heavy atom. The van der Waals surface area contributed by atoms with Gasteiger partial charge in [-0.05, 0) is 23.5 Å². The number of carbonyl (C=O) groups excluding carboxylic acids is 2. The van der Waals surface area contributed by atoms with E-state index < -0.39 is 11.6 Å². The first-order valence-corrected chi connectivity index (χ1v) is 9.77. The van der Waals surface area contributed by atoms with Crippen molar-refractivity contribution in [1.29, 1.82) is 0 Å². The lowest BCUT2D eigenvalue weighted by atomic mass is 9.92. The molecule has 28 heavy (non-hydrogen) atoms. The maximum atomic E-state index is 13.1. The average Bonchev–Trinajstić information content (AvgIpc) is 3.32. The highest BCUT2D eigenvalue weighted by Crippen LogP contribution is 2.60. The van der Waals surface area contributed by atoms with E-state index in [1.165, 1.54) is 7.11 Å². The number of carbonyl (C=O) groups is 2. The van der Waals surface area contributed by atoms with Gasteiger partial charge in [0.1, 0.15) is 6.04 Å². The summed E-state index contributed by atoms with van der Waals surface area (Å²) in [5.74, 6) is -0.0291. The van der Waals surface area contributed by atoms with Crippen molar-refractivity contribution in [3.8, 4) is 0 Å². The molecule has 1 aliphatic carbocycles. The number of hydrogen-bond donors (Lipinski definition) is 0. The van der Waals surface area contributed by atoms with Crippen LogP contribution in [-0.4, -0.2) is 29.6 Å². The van der Waals surface area contributed by atoms with Crippen molar-refractivity contribution in [2.75, 3.05) is 7.11 Å². The smallest absolute Gasteiger partial charge is 0.411 e. The van der Waals surface area contributed by atoms with Gasteiger partial charge in [0.25, 0.3) is 0 Å². The molecular weight excluding hydrogens is 354 g/mol. The standard InChI is InChI=1S/C23H25NO4/c1-3-18-14-23(18,15-19(25)27-2)24-20(16-10-6-4-7-11-16)21(28-22(24)26)17-12-8-5-9-13-17/h4-13,18,20-21H,3,14-15H2,1-2H3/t18-,20-,21+,23+/m1/s1. The fourth-order valence-corrected chi connectivity index (χ4v) is 4.62. The van der Waals surface area contributed by atoms with E-state index in [9.17, 15) is 9.59 Å². The second kappa shape index (κ2) is 7.30. The predicted octanol–water partition coefficient (Wildman–Crippen LogP) is 4.65. The molecule has 4 atom stereocenters. The maximum absolute atomic E-state index is 13.1. The van der Waals surface area contributed by atoms with Gasteiger partial charge in [-0.15, -0.1) is 0 Å². The second-order valence-corrected chi connectivity index (χ2v) is 7.61. The summed E-state index contributed by atoms with van der Waals surface area (Å²) in [5, 5.41) is 0. The molecule has 146 valence electrons. The van der Waals surface area contributed by atoms with Gasteiger partial charge < -0.3 is 9.47 Å². The largest absolute Gasteiger partial charge is 0.469 e. The average molecular weight is 379 g/mol. The van der Waals surface area contributed by atoms with Crippen LogP contribution in [0.15, 0.2) is 60.7 Å². The van der Waals surface area contributed by atoms with Gasteiger partial charge in [0.2, 0.25) is 0 Å². The van der Waals surface area contributed by atoms with E-state index in [0.29, 0.717) is 0 Å². The summed E-state index contributed by atoms with van der Waals surface area (Å²) >= 11 is 0. The van der Waals surface area contributed by atoms with Crippen molar-refractivity contribution >= 4 is 12.1 Å². The summed E-state index contributed by atoms with van der Waals surface area (Å²) in [6.07, 6.45) is 1.12. The van der Waals surface area contributed by atoms with E-state index in [0.717, 1.165) is 24.0 Å². The summed E-state index contributed by atoms with van der Waals surface area (Å²) in [6.45, 7) is 2.09. The van der Waals surface area contributed by atoms with Crippen molar-refractivity contribution in [2.45, 2.75) is 43.9 Å². The highest BCUT2D eigenvalue weighted by Gasteiger charge is 2.65. The third kappa shape index (κ3) is 3.05. The number of benzene rings is 2. The van der Waals surface area contributed by atoms with E-state index in [1.807, 2.05) is 65.6 Å². The minimum atomic E-state index is -0.539. The number of nitrogens with zero attached hydrogens (tertiary/aromatic N) is 1. The molecule has 0 unspecified atom stereocenters. The van der Waals surface area contributed by atoms with Crippen molar-refractivity contribution < 1.29 is 19.1 Å². The van der Waals surface area contributed by atoms with Crippen LogP contribution in [0.1, 0.15) is 49.5 Å². The number of hydrogen-bond acceptors (Lipinski definition) is 4. The Morgan fingerprint density at radius 2 is 1.71 bits per heavy atom. The molecule has 5 nitrogen and oxygen atoms in total. The minimum absolute atomic E-state index is 0.196. The Labute approximate surface area is 165 Å². The van der Waals surface area contributed by atoms with Crippen LogP contribution in [-0.2, 0) is 14.3 Å². The molecule has 2 aromatic rings. The highest BCUT2D eigenvalue weighted by molar-refractivity contribution is 5.77. The molecular formula is C23H25NO4. The lowest BCUT2D eigenvalue weighted by molar-refractivity contribution is -0.142. The number of cyclic esters (lactones) is 1. The fourth-order valence-electron chi connectivity index (χ4n) is 4.62. The summed E-state index contributed by atoms with van der Waals surface area (Å²) in [5.41, 5.74) is 1.42. The van der Waals surface area contributed by atoms with Gasteiger partial charge >= 0.3 is 12.1 Å². The topological polar surface area (TPSA) is 55.8 Å². The summed E-state index contributed by atoms with van der Waals surface area (Å²) in [6, 6.07) is 19.5. The molecule has 0 N–H and O–H groups in total. The lowest BCUT2D eigenvalue weighted by Gasteiger charge is -2.33. The van der Waals surface area contributed by atoms with Crippen LogP contribution >= 0.6 is 0 Å². The Morgan fingerprint density at radius 3 is 2.25 bits per heavy atom. The third-order valence-corrected chi connectivity index (χ3v) is 6.11. The molecule has 2 aromatic carbocycles. The SMILES string of the molecule is CC[C@@H]1C[C@@]1(CC(=O)OC)N1C(=O)O[C@@H](c2ccccc2)[C@H]1c1ccccc1. The van der Waals surface area contributed by atoms with Crippen LogP contribution in [0, 0.1) is 5.92 Å². The van der Waals surface area contributed by atoms with Gasteiger partial charge in [-0.3, -0.25) is 9.69 Å². The molecule has 0 spiro atoms. The van der Waals surface area contributed by atoms with Gasteiger partial charge in [-0.2, -0.15) is 0 Å². The van der Waals surface area contributed by atoms with Crippen molar-refractivity contribution in [3.05, 3.63) is 71.8 Å². The van der Waals surface area contributed by atoms with Gasteiger partial charge in [0.15, 0.2) is 6.10 Å². The van der Waals surface area contributed by atoms with E-state index in [-0.39, 0.29) is 30.4 Å². The van der Waals surface area contributed by atoms with E-state index >= 15 is 0 Å². The van der Waals surface area contributed by atoms with Crippen LogP contribution in [0.25, 0.3) is 0 Å². The van der Waals surface area contributed by atoms with Gasteiger partial charge in [-0.1, -0.05) is 74.0 Å². The highest BCUT2D eigenvalue weighted by atomic mass is 16.6. The molecule has 2 aliphatic rings. The van der Waals surface area contributed by atoms with Crippen molar-refractivity contribution in [1.82, 2.24) is 4.90 Å². The first-order valence-electron chi connectivity index (χ1n) is 9.77. The molecule has 0 radical (unpaired) electrons. The van der Waals surface area contributed by atoms with Crippen molar-refractivity contribution in [2.24, 2.45) is 5.92 Å². The number of methoxy groups -OCH3 is 1. The minimum Gasteiger partial charge on any atom is -0.469 e. The lowest BCUT2D eigenvalue weighted by Crippen LogP contribution is -2.43. The zero-order valence-electron chi connectivity index (χ0n) is 16.2. The van der Waals surface area contributed by atoms with Crippen LogP contribution in [0.3, 0.4) is 0 Å². The van der Waals surface area contributed by atoms with Gasteiger partial charge in [0.05, 0.1) is 19.1 Å². The number of rotatable bonds is 6. The Balaban J connectivity index is 1.78. The predicted molar refractivity (Wildman–Crippen MR) is 104 cm³/mol. The molecule has 4 rings (SSSR count). The third-order valence-electron chi connectivity index (χ3n) is 6.11. The second-order valence-electron chi connectivity index (χ2n) is 7.61. The van der Waals surface area contributed by atoms with E-state index in [4.69, 9.17) is 9.47 Å². The fraction of sp³-hybridized carbons (Fsp3) is 0.391. The van der Waals surface area contributed by atoms with E-state index in [1.54, 1.807) is 0 Å². The normalized spacial score (nSPS) is 28.7. The molecule has 1 heterocycles. The van der Waals surface area contributed by atoms with Crippen molar-refractivity contribution in [3.63, 3.8) is 0 Å². The number of esters is 1. The van der Waals surface area contributed by atoms with Gasteiger partial charge in [-0.25, -0.2) is 4.79 Å². The Kier molecular flexibility index (Phi) is 4.84. The van der Waals surface area contributed by atoms with E-state index in [2.05, 4.69) is 6.92 Å². The van der Waals surface area contributed by atoms with Crippen LogP contribution in [0.4, 0.5) is 4.79 Å². The monoisotopic (exact) mass is 379 g/mol. The molecule has 1 saturated heterocycles. The first kappa shape index (κ1) is 18.5. The summed E-state index contributed by atoms with van der Waals surface area (Å²) in [4.78, 5) is 27.1. The van der Waals surface area contributed by atoms with Crippen LogP contribution in [0.5, 0.6) is 0 Å². The zero-order valence-corrected chi connectivity index (χ0v) is 16.2. The molecule has 2 fully saturated rings. The Bertz CT molecular complexity index is 853. The zero-order chi connectivity index (χ0) is 19.7. The van der Waals surface area contributed by atoms with Crippen LogP contribution < -0.4 is 0 Å². The molecule has 1 amide bonds. The first-order chi connectivity index (χ1) is 13.6. The number of amides is 1. The molecule has 0 bridgehead atoms. The summed E-state index contributed by atoms with van der Waals surface area (Å²) in [7, 11) is 1.39. The Hall–Kier alpha value is -2.82. The molecule has 5 heteroatoms. The number of ether oxygens (including phenoxy) is 2. The van der Waals surface area contributed by atoms with Crippen LogP contribution in [0.2, 0.25) is 0 Å². The molecule has 0 aromatic heterocycles. The molecule has 1 saturated carbocycles. The van der Waals surface area contributed by atoms with Gasteiger partial charge in [0, 0.05) is 0 Å². The molecule has 1 aliphatic heterocycles. The maximum Gasteiger partial charge on any atom is 0.411 e. The quantitative estimate of drug-likeness (QED) is 0.686.